The Labute approximate surface area is 103 Å². The van der Waals surface area contributed by atoms with Crippen molar-refractivity contribution in [2.75, 3.05) is 7.11 Å². The molecule has 2 nitrogen and oxygen atoms in total. The number of piperidine rings is 1. The quantitative estimate of drug-likeness (QED) is 0.739. The van der Waals surface area contributed by atoms with Gasteiger partial charge in [0.05, 0.1) is 7.11 Å². The van der Waals surface area contributed by atoms with E-state index in [9.17, 15) is 0 Å². The molecule has 0 unspecified atom stereocenters. The molecule has 0 aliphatic carbocycles. The van der Waals surface area contributed by atoms with E-state index in [0.29, 0.717) is 12.1 Å². The zero-order valence-corrected chi connectivity index (χ0v) is 10.3. The van der Waals surface area contributed by atoms with Crippen LogP contribution in [-0.2, 0) is 6.54 Å². The number of methoxy groups -OCH3 is 1. The fourth-order valence-electron chi connectivity index (χ4n) is 2.96. The van der Waals surface area contributed by atoms with Gasteiger partial charge < -0.3 is 4.74 Å². The van der Waals surface area contributed by atoms with E-state index in [1.54, 1.807) is 7.11 Å². The Morgan fingerprint density at radius 3 is 2.35 bits per heavy atom. The van der Waals surface area contributed by atoms with E-state index in [1.807, 2.05) is 0 Å². The number of benzene rings is 1. The van der Waals surface area contributed by atoms with E-state index >= 15 is 0 Å². The number of hydrogen-bond donors (Lipinski definition) is 0. The van der Waals surface area contributed by atoms with E-state index in [-0.39, 0.29) is 0 Å². The summed E-state index contributed by atoms with van der Waals surface area (Å²) in [5.41, 5.74) is 1.38. The summed E-state index contributed by atoms with van der Waals surface area (Å²) < 4.78 is 5.19. The average Bonchev–Trinajstić information content (AvgIpc) is 2.62. The summed E-state index contributed by atoms with van der Waals surface area (Å²) in [6.45, 7) is 1.06. The first kappa shape index (κ1) is 10.8. The maximum atomic E-state index is 5.19. The second-order valence-electron chi connectivity index (χ2n) is 4.97. The van der Waals surface area contributed by atoms with Crippen molar-refractivity contribution in [3.63, 3.8) is 0 Å². The molecule has 0 saturated carbocycles. The SMILES string of the molecule is COc1ccc(CN2[C@@H]3C=C[C@H]2CCC3)cc1. The summed E-state index contributed by atoms with van der Waals surface area (Å²) in [4.78, 5) is 2.62. The molecule has 0 radical (unpaired) electrons. The minimum absolute atomic E-state index is 0.677. The highest BCUT2D eigenvalue weighted by molar-refractivity contribution is 5.28. The fraction of sp³-hybridized carbons (Fsp3) is 0.467. The molecule has 3 rings (SSSR count). The summed E-state index contributed by atoms with van der Waals surface area (Å²) in [5, 5.41) is 0. The second-order valence-corrected chi connectivity index (χ2v) is 4.97. The maximum Gasteiger partial charge on any atom is 0.118 e. The van der Waals surface area contributed by atoms with E-state index in [0.717, 1.165) is 12.3 Å². The Morgan fingerprint density at radius 1 is 1.12 bits per heavy atom. The molecule has 17 heavy (non-hydrogen) atoms. The van der Waals surface area contributed by atoms with Crippen LogP contribution in [0.25, 0.3) is 0 Å². The van der Waals surface area contributed by atoms with E-state index in [4.69, 9.17) is 4.74 Å². The van der Waals surface area contributed by atoms with Crippen molar-refractivity contribution in [1.82, 2.24) is 4.90 Å². The minimum Gasteiger partial charge on any atom is -0.497 e. The highest BCUT2D eigenvalue weighted by Crippen LogP contribution is 2.31. The lowest BCUT2D eigenvalue weighted by atomic mass is 10.0. The van der Waals surface area contributed by atoms with Gasteiger partial charge in [-0.2, -0.15) is 0 Å². The summed E-state index contributed by atoms with van der Waals surface area (Å²) in [6, 6.07) is 9.80. The molecule has 2 aliphatic heterocycles. The molecule has 1 saturated heterocycles. The molecule has 2 aliphatic rings. The van der Waals surface area contributed by atoms with Gasteiger partial charge in [-0.25, -0.2) is 0 Å². The van der Waals surface area contributed by atoms with Crippen molar-refractivity contribution in [3.8, 4) is 5.75 Å². The van der Waals surface area contributed by atoms with Crippen LogP contribution >= 0.6 is 0 Å². The molecule has 2 atom stereocenters. The molecule has 90 valence electrons. The van der Waals surface area contributed by atoms with Crippen molar-refractivity contribution in [2.24, 2.45) is 0 Å². The van der Waals surface area contributed by atoms with E-state index < -0.39 is 0 Å². The number of nitrogens with zero attached hydrogens (tertiary/aromatic N) is 1. The average molecular weight is 229 g/mol. The van der Waals surface area contributed by atoms with E-state index in [2.05, 4.69) is 41.3 Å². The zero-order valence-electron chi connectivity index (χ0n) is 10.3. The fourth-order valence-corrected chi connectivity index (χ4v) is 2.96. The molecular formula is C15H19NO. The molecule has 1 aromatic rings. The highest BCUT2D eigenvalue weighted by atomic mass is 16.5. The lowest BCUT2D eigenvalue weighted by Gasteiger charge is -2.34. The number of rotatable bonds is 3. The highest BCUT2D eigenvalue weighted by Gasteiger charge is 2.31. The van der Waals surface area contributed by atoms with Crippen molar-refractivity contribution < 1.29 is 4.74 Å². The van der Waals surface area contributed by atoms with Crippen LogP contribution in [0.15, 0.2) is 36.4 Å². The van der Waals surface area contributed by atoms with Gasteiger partial charge in [-0.05, 0) is 37.0 Å². The van der Waals surface area contributed by atoms with Gasteiger partial charge in [0, 0.05) is 18.6 Å². The molecule has 0 amide bonds. The predicted octanol–water partition coefficient (Wildman–Crippen LogP) is 2.99. The van der Waals surface area contributed by atoms with Crippen molar-refractivity contribution in [2.45, 2.75) is 37.9 Å². The van der Waals surface area contributed by atoms with Gasteiger partial charge >= 0.3 is 0 Å². The van der Waals surface area contributed by atoms with Crippen LogP contribution < -0.4 is 4.74 Å². The van der Waals surface area contributed by atoms with Crippen LogP contribution in [0.5, 0.6) is 5.75 Å². The summed E-state index contributed by atoms with van der Waals surface area (Å²) in [6.07, 6.45) is 8.80. The van der Waals surface area contributed by atoms with Crippen LogP contribution in [0.1, 0.15) is 24.8 Å². The Bertz CT molecular complexity index is 395. The third-order valence-corrected chi connectivity index (χ3v) is 3.93. The number of hydrogen-bond acceptors (Lipinski definition) is 2. The molecule has 2 heteroatoms. The van der Waals surface area contributed by atoms with Gasteiger partial charge in [0.2, 0.25) is 0 Å². The summed E-state index contributed by atoms with van der Waals surface area (Å²) in [7, 11) is 1.71. The van der Waals surface area contributed by atoms with Gasteiger partial charge in [-0.3, -0.25) is 4.90 Å². The molecule has 1 fully saturated rings. The maximum absolute atomic E-state index is 5.19. The van der Waals surface area contributed by atoms with Crippen LogP contribution in [0.4, 0.5) is 0 Å². The predicted molar refractivity (Wildman–Crippen MR) is 69.1 cm³/mol. The van der Waals surface area contributed by atoms with Crippen LogP contribution in [0.2, 0.25) is 0 Å². The van der Waals surface area contributed by atoms with Crippen LogP contribution in [-0.4, -0.2) is 24.1 Å². The number of ether oxygens (including phenoxy) is 1. The first-order chi connectivity index (χ1) is 8.36. The van der Waals surface area contributed by atoms with Crippen LogP contribution in [0, 0.1) is 0 Å². The molecule has 0 N–H and O–H groups in total. The van der Waals surface area contributed by atoms with Crippen molar-refractivity contribution >= 4 is 0 Å². The summed E-state index contributed by atoms with van der Waals surface area (Å²) >= 11 is 0. The van der Waals surface area contributed by atoms with Crippen molar-refractivity contribution in [3.05, 3.63) is 42.0 Å². The molecule has 1 aromatic carbocycles. The van der Waals surface area contributed by atoms with Gasteiger partial charge in [0.15, 0.2) is 0 Å². The third kappa shape index (κ3) is 2.09. The molecule has 2 heterocycles. The molecular weight excluding hydrogens is 210 g/mol. The normalized spacial score (nSPS) is 27.4. The Balaban J connectivity index is 1.70. The standard InChI is InChI=1S/C15H19NO/c1-17-15-9-5-12(6-10-15)11-16-13-3-2-4-14(16)8-7-13/h5-10,13-14H,2-4,11H2,1H3/t13-,14+. The third-order valence-electron chi connectivity index (χ3n) is 3.93. The Hall–Kier alpha value is -1.28. The monoisotopic (exact) mass is 229 g/mol. The minimum atomic E-state index is 0.677. The second kappa shape index (κ2) is 4.53. The lowest BCUT2D eigenvalue weighted by Crippen LogP contribution is -2.39. The number of fused-ring (bicyclic) bond motifs is 2. The molecule has 2 bridgehead atoms. The van der Waals surface area contributed by atoms with E-state index in [1.165, 1.54) is 24.8 Å². The zero-order chi connectivity index (χ0) is 11.7. The largest absolute Gasteiger partial charge is 0.497 e. The van der Waals surface area contributed by atoms with Gasteiger partial charge in [-0.15, -0.1) is 0 Å². The first-order valence-electron chi connectivity index (χ1n) is 6.44. The Kier molecular flexibility index (Phi) is 2.89. The Morgan fingerprint density at radius 2 is 1.76 bits per heavy atom. The van der Waals surface area contributed by atoms with Gasteiger partial charge in [0.1, 0.15) is 5.75 Å². The topological polar surface area (TPSA) is 12.5 Å². The smallest absolute Gasteiger partial charge is 0.118 e. The first-order valence-corrected chi connectivity index (χ1v) is 6.44. The van der Waals surface area contributed by atoms with Gasteiger partial charge in [0.25, 0.3) is 0 Å². The molecule has 0 aromatic heterocycles. The molecule has 0 spiro atoms. The summed E-state index contributed by atoms with van der Waals surface area (Å²) in [5.74, 6) is 0.938. The van der Waals surface area contributed by atoms with Crippen molar-refractivity contribution in [1.29, 1.82) is 0 Å². The van der Waals surface area contributed by atoms with Crippen LogP contribution in [0.3, 0.4) is 0 Å². The van der Waals surface area contributed by atoms with Gasteiger partial charge in [-0.1, -0.05) is 24.3 Å². The lowest BCUT2D eigenvalue weighted by molar-refractivity contribution is 0.147.